The van der Waals surface area contributed by atoms with Gasteiger partial charge in [0, 0.05) is 11.0 Å². The van der Waals surface area contributed by atoms with Crippen molar-refractivity contribution in [2.45, 2.75) is 9.72 Å². The summed E-state index contributed by atoms with van der Waals surface area (Å²) < 4.78 is 31.2. The number of carbonyl (C=O) groups is 1. The van der Waals surface area contributed by atoms with Crippen LogP contribution in [0.1, 0.15) is 0 Å². The highest BCUT2D eigenvalue weighted by atomic mass is 79.9. The summed E-state index contributed by atoms with van der Waals surface area (Å²) in [6.45, 7) is 0. The minimum Gasteiger partial charge on any atom is -0.325 e. The topological polar surface area (TPSA) is 83.5 Å². The quantitative estimate of drug-likeness (QED) is 0.569. The first-order valence-corrected chi connectivity index (χ1v) is 9.31. The number of hydrogen-bond donors (Lipinski definition) is 2. The smallest absolute Gasteiger partial charge is 0.294 e. The molecule has 2 N–H and O–H groups in total. The van der Waals surface area contributed by atoms with E-state index in [9.17, 15) is 13.2 Å². The van der Waals surface area contributed by atoms with E-state index in [2.05, 4.69) is 37.2 Å². The number of hydrogen-bond acceptors (Lipinski definition) is 3. The van der Waals surface area contributed by atoms with Crippen LogP contribution in [-0.2, 0) is 14.9 Å². The van der Waals surface area contributed by atoms with E-state index in [1.165, 1.54) is 12.1 Å². The fourth-order valence-corrected chi connectivity index (χ4v) is 2.68. The van der Waals surface area contributed by atoms with E-state index in [1.807, 2.05) is 0 Å². The molecule has 0 aromatic heterocycles. The zero-order chi connectivity index (χ0) is 15.6. The van der Waals surface area contributed by atoms with E-state index in [0.717, 1.165) is 5.39 Å². The predicted octanol–water partition coefficient (Wildman–Crippen LogP) is 3.18. The summed E-state index contributed by atoms with van der Waals surface area (Å²) in [5.41, 5.74) is 0.609. The third-order valence-corrected chi connectivity index (χ3v) is 5.90. The van der Waals surface area contributed by atoms with Crippen LogP contribution >= 0.6 is 31.9 Å². The summed E-state index contributed by atoms with van der Waals surface area (Å²) in [5, 5.41) is 4.64. The molecule has 2 rings (SSSR count). The largest absolute Gasteiger partial charge is 0.325 e. The van der Waals surface area contributed by atoms with Crippen LogP contribution < -0.4 is 5.32 Å². The third-order valence-electron chi connectivity index (χ3n) is 2.80. The number of anilines is 1. The number of halogens is 2. The van der Waals surface area contributed by atoms with Crippen molar-refractivity contribution in [3.63, 3.8) is 0 Å². The number of benzene rings is 2. The fourth-order valence-electron chi connectivity index (χ4n) is 1.75. The molecule has 0 radical (unpaired) electrons. The highest BCUT2D eigenvalue weighted by molar-refractivity contribution is 9.12. The molecule has 0 bridgehead atoms. The molecule has 1 amide bonds. The van der Waals surface area contributed by atoms with Gasteiger partial charge in [0.25, 0.3) is 10.1 Å². The maximum absolute atomic E-state index is 11.8. The second kappa shape index (κ2) is 6.43. The van der Waals surface area contributed by atoms with Crippen molar-refractivity contribution in [1.82, 2.24) is 0 Å². The van der Waals surface area contributed by atoms with Gasteiger partial charge in [-0.1, -0.05) is 44.0 Å². The van der Waals surface area contributed by atoms with Crippen molar-refractivity contribution in [3.8, 4) is 0 Å². The highest BCUT2D eigenvalue weighted by Crippen LogP contribution is 2.23. The fraction of sp³-hybridized carbons (Fsp3) is 0.154. The minimum absolute atomic E-state index is 0.161. The molecule has 1 atom stereocenters. The van der Waals surface area contributed by atoms with Crippen LogP contribution in [-0.4, -0.2) is 29.0 Å². The maximum Gasteiger partial charge on any atom is 0.294 e. The van der Waals surface area contributed by atoms with Crippen molar-refractivity contribution in [1.29, 1.82) is 0 Å². The molecule has 0 saturated heterocycles. The Hall–Kier alpha value is -0.960. The van der Waals surface area contributed by atoms with Crippen molar-refractivity contribution in [2.24, 2.45) is 0 Å². The Kier molecular flexibility index (Phi) is 5.03. The number of alkyl halides is 2. The molecule has 21 heavy (non-hydrogen) atoms. The standard InChI is InChI=1S/C13H11Br2NO4S/c14-7-12(15)13(17)16-10-3-1-9-6-11(21(18,19)20)4-2-8(9)5-10/h1-6,12H,7H2,(H,16,17)(H,18,19,20). The molecular formula is C13H11Br2NO4S. The minimum atomic E-state index is -4.22. The lowest BCUT2D eigenvalue weighted by Gasteiger charge is -2.09. The Morgan fingerprint density at radius 2 is 1.81 bits per heavy atom. The molecule has 2 aromatic rings. The highest BCUT2D eigenvalue weighted by Gasteiger charge is 2.14. The van der Waals surface area contributed by atoms with E-state index in [0.29, 0.717) is 16.4 Å². The van der Waals surface area contributed by atoms with Crippen molar-refractivity contribution in [2.75, 3.05) is 10.6 Å². The van der Waals surface area contributed by atoms with Crippen LogP contribution in [0.5, 0.6) is 0 Å². The molecule has 0 aliphatic heterocycles. The summed E-state index contributed by atoms with van der Waals surface area (Å²) >= 11 is 6.43. The molecule has 5 nitrogen and oxygen atoms in total. The number of carbonyl (C=O) groups excluding carboxylic acids is 1. The van der Waals surface area contributed by atoms with Gasteiger partial charge in [0.1, 0.15) is 4.83 Å². The average Bonchev–Trinajstić information content (AvgIpc) is 2.44. The van der Waals surface area contributed by atoms with E-state index in [4.69, 9.17) is 4.55 Å². The zero-order valence-corrected chi connectivity index (χ0v) is 14.6. The Bertz CT molecular complexity index is 792. The SMILES string of the molecule is O=C(Nc1ccc2cc(S(=O)(=O)O)ccc2c1)C(Br)CBr. The second-order valence-corrected chi connectivity index (χ2v) is 7.48. The predicted molar refractivity (Wildman–Crippen MR) is 88.9 cm³/mol. The van der Waals surface area contributed by atoms with E-state index in [-0.39, 0.29) is 15.6 Å². The Balaban J connectivity index is 2.33. The molecule has 0 aliphatic rings. The van der Waals surface area contributed by atoms with Gasteiger partial charge in [-0.05, 0) is 35.0 Å². The van der Waals surface area contributed by atoms with Crippen LogP contribution in [0.15, 0.2) is 41.3 Å². The summed E-state index contributed by atoms with van der Waals surface area (Å²) in [7, 11) is -4.22. The monoisotopic (exact) mass is 435 g/mol. The van der Waals surface area contributed by atoms with Crippen LogP contribution in [0.4, 0.5) is 5.69 Å². The van der Waals surface area contributed by atoms with Gasteiger partial charge < -0.3 is 5.32 Å². The second-order valence-electron chi connectivity index (χ2n) is 4.31. The Labute approximate surface area is 138 Å². The first kappa shape index (κ1) is 16.4. The van der Waals surface area contributed by atoms with E-state index < -0.39 is 10.1 Å². The molecular weight excluding hydrogens is 426 g/mol. The molecule has 0 aliphatic carbocycles. The zero-order valence-electron chi connectivity index (χ0n) is 10.6. The van der Waals surface area contributed by atoms with Gasteiger partial charge >= 0.3 is 0 Å². The summed E-state index contributed by atoms with van der Waals surface area (Å²) in [6.07, 6.45) is 0. The molecule has 8 heteroatoms. The first-order chi connectivity index (χ1) is 9.81. The normalized spacial score (nSPS) is 13.1. The van der Waals surface area contributed by atoms with Crippen LogP contribution in [0.2, 0.25) is 0 Å². The lowest BCUT2D eigenvalue weighted by Crippen LogP contribution is -2.23. The number of nitrogens with one attached hydrogen (secondary N) is 1. The van der Waals surface area contributed by atoms with Gasteiger partial charge in [0.15, 0.2) is 0 Å². The molecule has 0 spiro atoms. The Morgan fingerprint density at radius 3 is 2.43 bits per heavy atom. The molecule has 0 fully saturated rings. The van der Waals surface area contributed by atoms with E-state index in [1.54, 1.807) is 24.3 Å². The molecule has 112 valence electrons. The number of fused-ring (bicyclic) bond motifs is 1. The summed E-state index contributed by atoms with van der Waals surface area (Å²) in [4.78, 5) is 11.3. The van der Waals surface area contributed by atoms with Gasteiger partial charge in [-0.15, -0.1) is 0 Å². The molecule has 1 unspecified atom stereocenters. The third kappa shape index (κ3) is 4.03. The van der Waals surface area contributed by atoms with Gasteiger partial charge in [0.05, 0.1) is 4.90 Å². The van der Waals surface area contributed by atoms with Gasteiger partial charge in [-0.3, -0.25) is 9.35 Å². The molecule has 0 saturated carbocycles. The van der Waals surface area contributed by atoms with Gasteiger partial charge in [0.2, 0.25) is 5.91 Å². The van der Waals surface area contributed by atoms with Crippen molar-refractivity contribution >= 4 is 64.3 Å². The maximum atomic E-state index is 11.8. The summed E-state index contributed by atoms with van der Waals surface area (Å²) in [5.74, 6) is -0.180. The van der Waals surface area contributed by atoms with Crippen LogP contribution in [0.25, 0.3) is 10.8 Å². The van der Waals surface area contributed by atoms with Crippen LogP contribution in [0, 0.1) is 0 Å². The van der Waals surface area contributed by atoms with Gasteiger partial charge in [-0.2, -0.15) is 8.42 Å². The van der Waals surface area contributed by atoms with Crippen LogP contribution in [0.3, 0.4) is 0 Å². The van der Waals surface area contributed by atoms with Crippen molar-refractivity contribution < 1.29 is 17.8 Å². The lowest BCUT2D eigenvalue weighted by atomic mass is 10.1. The van der Waals surface area contributed by atoms with Gasteiger partial charge in [-0.25, -0.2) is 0 Å². The first-order valence-electron chi connectivity index (χ1n) is 5.83. The number of rotatable bonds is 4. The molecule has 2 aromatic carbocycles. The number of amides is 1. The Morgan fingerprint density at radius 1 is 1.19 bits per heavy atom. The van der Waals surface area contributed by atoms with E-state index >= 15 is 0 Å². The van der Waals surface area contributed by atoms with Crippen molar-refractivity contribution in [3.05, 3.63) is 36.4 Å². The lowest BCUT2D eigenvalue weighted by molar-refractivity contribution is -0.115. The average molecular weight is 437 g/mol. The molecule has 0 heterocycles. The summed E-state index contributed by atoms with van der Waals surface area (Å²) in [6, 6.07) is 9.34.